The molecule has 2 atom stereocenters. The fourth-order valence-corrected chi connectivity index (χ4v) is 2.30. The summed E-state index contributed by atoms with van der Waals surface area (Å²) in [6.07, 6.45) is 6.70. The quantitative estimate of drug-likeness (QED) is 0.640. The number of hydrogen-bond donors (Lipinski definition) is 1. The number of hydrogen-bond acceptors (Lipinski definition) is 2. The maximum Gasteiger partial charge on any atom is 0.0474 e. The molecule has 1 rings (SSSR count). The van der Waals surface area contributed by atoms with Crippen LogP contribution in [0, 0.1) is 5.92 Å². The lowest BCUT2D eigenvalue weighted by atomic mass is 10.0. The molecule has 13 heavy (non-hydrogen) atoms. The van der Waals surface area contributed by atoms with Gasteiger partial charge in [-0.1, -0.05) is 19.8 Å². The van der Waals surface area contributed by atoms with Crippen LogP contribution < -0.4 is 5.32 Å². The molecule has 0 heterocycles. The highest BCUT2D eigenvalue weighted by molar-refractivity contribution is 4.81. The molecule has 1 fully saturated rings. The van der Waals surface area contributed by atoms with Crippen LogP contribution in [-0.4, -0.2) is 26.3 Å². The SMILES string of the molecule is CCC1CCCC1NCCCOC. The zero-order valence-electron chi connectivity index (χ0n) is 9.01. The van der Waals surface area contributed by atoms with E-state index in [0.29, 0.717) is 0 Å². The largest absolute Gasteiger partial charge is 0.385 e. The van der Waals surface area contributed by atoms with E-state index in [0.717, 1.165) is 31.5 Å². The Labute approximate surface area is 82.0 Å². The molecule has 0 aliphatic heterocycles. The standard InChI is InChI=1S/C11H23NO/c1-3-10-6-4-7-11(10)12-8-5-9-13-2/h10-12H,3-9H2,1-2H3. The first-order chi connectivity index (χ1) is 6.38. The van der Waals surface area contributed by atoms with Crippen LogP contribution in [0.15, 0.2) is 0 Å². The van der Waals surface area contributed by atoms with Crippen LogP contribution in [0.5, 0.6) is 0 Å². The predicted molar refractivity (Wildman–Crippen MR) is 55.9 cm³/mol. The van der Waals surface area contributed by atoms with Gasteiger partial charge in [-0.3, -0.25) is 0 Å². The highest BCUT2D eigenvalue weighted by Crippen LogP contribution is 2.27. The van der Waals surface area contributed by atoms with Crippen LogP contribution in [-0.2, 0) is 4.74 Å². The van der Waals surface area contributed by atoms with Gasteiger partial charge in [0.05, 0.1) is 0 Å². The third kappa shape index (κ3) is 3.65. The number of rotatable bonds is 6. The van der Waals surface area contributed by atoms with Crippen LogP contribution in [0.3, 0.4) is 0 Å². The second kappa shape index (κ2) is 6.39. The van der Waals surface area contributed by atoms with Crippen LogP contribution in [0.2, 0.25) is 0 Å². The van der Waals surface area contributed by atoms with Crippen molar-refractivity contribution in [1.82, 2.24) is 5.32 Å². The van der Waals surface area contributed by atoms with Gasteiger partial charge in [-0.25, -0.2) is 0 Å². The highest BCUT2D eigenvalue weighted by atomic mass is 16.5. The van der Waals surface area contributed by atoms with Crippen molar-refractivity contribution in [3.8, 4) is 0 Å². The zero-order valence-corrected chi connectivity index (χ0v) is 9.01. The Morgan fingerprint density at radius 3 is 2.92 bits per heavy atom. The van der Waals surface area contributed by atoms with E-state index >= 15 is 0 Å². The first kappa shape index (κ1) is 11.0. The Bertz CT molecular complexity index is 127. The van der Waals surface area contributed by atoms with E-state index in [1.54, 1.807) is 7.11 Å². The Morgan fingerprint density at radius 1 is 1.38 bits per heavy atom. The molecule has 2 unspecified atom stereocenters. The third-order valence-electron chi connectivity index (χ3n) is 3.12. The molecular weight excluding hydrogens is 162 g/mol. The molecule has 2 heteroatoms. The molecule has 0 aromatic carbocycles. The summed E-state index contributed by atoms with van der Waals surface area (Å²) in [7, 11) is 1.77. The van der Waals surface area contributed by atoms with Gasteiger partial charge in [0.2, 0.25) is 0 Å². The molecule has 1 saturated carbocycles. The molecule has 1 aliphatic rings. The maximum atomic E-state index is 5.02. The lowest BCUT2D eigenvalue weighted by molar-refractivity contribution is 0.192. The Balaban J connectivity index is 2.06. The van der Waals surface area contributed by atoms with Crippen molar-refractivity contribution in [2.24, 2.45) is 5.92 Å². The molecule has 0 aromatic rings. The maximum absolute atomic E-state index is 5.02. The molecule has 2 nitrogen and oxygen atoms in total. The van der Waals surface area contributed by atoms with Gasteiger partial charge in [-0.15, -0.1) is 0 Å². The molecule has 0 spiro atoms. The van der Waals surface area contributed by atoms with Crippen molar-refractivity contribution >= 4 is 0 Å². The average molecular weight is 185 g/mol. The van der Waals surface area contributed by atoms with Gasteiger partial charge in [0, 0.05) is 19.8 Å². The van der Waals surface area contributed by atoms with Crippen LogP contribution in [0.1, 0.15) is 39.0 Å². The van der Waals surface area contributed by atoms with Gasteiger partial charge in [-0.2, -0.15) is 0 Å². The van der Waals surface area contributed by atoms with Gasteiger partial charge in [0.1, 0.15) is 0 Å². The van der Waals surface area contributed by atoms with E-state index in [9.17, 15) is 0 Å². The second-order valence-electron chi connectivity index (χ2n) is 4.01. The van der Waals surface area contributed by atoms with E-state index in [-0.39, 0.29) is 0 Å². The van der Waals surface area contributed by atoms with Crippen molar-refractivity contribution < 1.29 is 4.74 Å². The molecule has 0 radical (unpaired) electrons. The smallest absolute Gasteiger partial charge is 0.0474 e. The van der Waals surface area contributed by atoms with Crippen molar-refractivity contribution in [3.63, 3.8) is 0 Å². The molecule has 0 bridgehead atoms. The fourth-order valence-electron chi connectivity index (χ4n) is 2.30. The summed E-state index contributed by atoms with van der Waals surface area (Å²) in [6, 6.07) is 0.793. The van der Waals surface area contributed by atoms with Gasteiger partial charge >= 0.3 is 0 Å². The van der Waals surface area contributed by atoms with Gasteiger partial charge < -0.3 is 10.1 Å². The first-order valence-electron chi connectivity index (χ1n) is 5.60. The summed E-state index contributed by atoms with van der Waals surface area (Å²) in [6.45, 7) is 4.31. The summed E-state index contributed by atoms with van der Waals surface area (Å²) in [5, 5.41) is 3.64. The Morgan fingerprint density at radius 2 is 2.23 bits per heavy atom. The zero-order chi connectivity index (χ0) is 9.52. The second-order valence-corrected chi connectivity index (χ2v) is 4.01. The van der Waals surface area contributed by atoms with Gasteiger partial charge in [-0.05, 0) is 31.7 Å². The number of ether oxygens (including phenoxy) is 1. The van der Waals surface area contributed by atoms with Crippen molar-refractivity contribution in [2.75, 3.05) is 20.3 Å². The minimum Gasteiger partial charge on any atom is -0.385 e. The Hall–Kier alpha value is -0.0800. The number of methoxy groups -OCH3 is 1. The minimum absolute atomic E-state index is 0.793. The summed E-state index contributed by atoms with van der Waals surface area (Å²) in [5.41, 5.74) is 0. The van der Waals surface area contributed by atoms with Crippen LogP contribution in [0.4, 0.5) is 0 Å². The summed E-state index contributed by atoms with van der Waals surface area (Å²) < 4.78 is 5.02. The molecular formula is C11H23NO. The summed E-state index contributed by atoms with van der Waals surface area (Å²) in [4.78, 5) is 0. The minimum atomic E-state index is 0.793. The average Bonchev–Trinajstić information content (AvgIpc) is 2.60. The number of nitrogens with one attached hydrogen (secondary N) is 1. The van der Waals surface area contributed by atoms with Crippen molar-refractivity contribution in [2.45, 2.75) is 45.1 Å². The molecule has 0 aromatic heterocycles. The monoisotopic (exact) mass is 185 g/mol. The lowest BCUT2D eigenvalue weighted by Gasteiger charge is -2.19. The molecule has 1 aliphatic carbocycles. The molecule has 0 amide bonds. The van der Waals surface area contributed by atoms with E-state index in [4.69, 9.17) is 4.74 Å². The third-order valence-corrected chi connectivity index (χ3v) is 3.12. The summed E-state index contributed by atoms with van der Waals surface area (Å²) in [5.74, 6) is 0.933. The molecule has 1 N–H and O–H groups in total. The van der Waals surface area contributed by atoms with Crippen molar-refractivity contribution in [3.05, 3.63) is 0 Å². The van der Waals surface area contributed by atoms with E-state index in [2.05, 4.69) is 12.2 Å². The molecule has 78 valence electrons. The molecule has 0 saturated heterocycles. The topological polar surface area (TPSA) is 21.3 Å². The fraction of sp³-hybridized carbons (Fsp3) is 1.00. The van der Waals surface area contributed by atoms with E-state index < -0.39 is 0 Å². The first-order valence-corrected chi connectivity index (χ1v) is 5.60. The Kier molecular flexibility index (Phi) is 5.40. The lowest BCUT2D eigenvalue weighted by Crippen LogP contribution is -2.33. The van der Waals surface area contributed by atoms with Crippen LogP contribution >= 0.6 is 0 Å². The van der Waals surface area contributed by atoms with Crippen LogP contribution in [0.25, 0.3) is 0 Å². The van der Waals surface area contributed by atoms with E-state index in [1.807, 2.05) is 0 Å². The predicted octanol–water partition coefficient (Wildman–Crippen LogP) is 2.19. The normalized spacial score (nSPS) is 28.2. The van der Waals surface area contributed by atoms with E-state index in [1.165, 1.54) is 25.7 Å². The van der Waals surface area contributed by atoms with Crippen molar-refractivity contribution in [1.29, 1.82) is 0 Å². The van der Waals surface area contributed by atoms with Gasteiger partial charge in [0.25, 0.3) is 0 Å². The van der Waals surface area contributed by atoms with Gasteiger partial charge in [0.15, 0.2) is 0 Å². The highest BCUT2D eigenvalue weighted by Gasteiger charge is 2.24. The summed E-state index contributed by atoms with van der Waals surface area (Å²) >= 11 is 0.